The van der Waals surface area contributed by atoms with E-state index in [4.69, 9.17) is 0 Å². The molecule has 0 fully saturated rings. The molecule has 3 aromatic carbocycles. The van der Waals surface area contributed by atoms with Crippen LogP contribution in [0.5, 0.6) is 11.5 Å². The van der Waals surface area contributed by atoms with Gasteiger partial charge in [-0.2, -0.15) is 17.6 Å². The lowest BCUT2D eigenvalue weighted by Crippen LogP contribution is -2.27. The topological polar surface area (TPSA) is 67.9 Å². The summed E-state index contributed by atoms with van der Waals surface area (Å²) < 4.78 is 59.3. The predicted molar refractivity (Wildman–Crippen MR) is 113 cm³/mol. The Morgan fingerprint density at radius 2 is 1.33 bits per heavy atom. The highest BCUT2D eigenvalue weighted by Gasteiger charge is 2.21. The molecule has 0 aliphatic rings. The molecule has 0 atom stereocenters. The van der Waals surface area contributed by atoms with Crippen LogP contribution in [0.2, 0.25) is 0 Å². The van der Waals surface area contributed by atoms with E-state index in [1.807, 2.05) is 0 Å². The van der Waals surface area contributed by atoms with Gasteiger partial charge in [-0.25, -0.2) is 0 Å². The number of para-hydroxylation sites is 2. The Hall–Kier alpha value is -4.08. The van der Waals surface area contributed by atoms with E-state index in [9.17, 15) is 27.2 Å². The molecule has 0 aliphatic heterocycles. The van der Waals surface area contributed by atoms with Gasteiger partial charge in [-0.1, -0.05) is 30.3 Å². The minimum Gasteiger partial charge on any atom is -0.434 e. The second-order valence-corrected chi connectivity index (χ2v) is 6.62. The van der Waals surface area contributed by atoms with Crippen molar-refractivity contribution in [2.24, 2.45) is 0 Å². The second kappa shape index (κ2) is 10.5. The summed E-state index contributed by atoms with van der Waals surface area (Å²) in [6.07, 6.45) is 0. The highest BCUT2D eigenvalue weighted by Crippen LogP contribution is 2.26. The van der Waals surface area contributed by atoms with Crippen molar-refractivity contribution in [3.8, 4) is 11.5 Å². The number of carbonyl (C=O) groups excluding carboxylic acids is 2. The molecule has 6 nitrogen and oxygen atoms in total. The van der Waals surface area contributed by atoms with Crippen molar-refractivity contribution in [2.45, 2.75) is 13.2 Å². The molecule has 3 aromatic rings. The van der Waals surface area contributed by atoms with Crippen LogP contribution < -0.4 is 19.7 Å². The van der Waals surface area contributed by atoms with Crippen LogP contribution in [0.1, 0.15) is 20.7 Å². The quantitative estimate of drug-likeness (QED) is 0.454. The molecule has 0 bridgehead atoms. The molecule has 33 heavy (non-hydrogen) atoms. The lowest BCUT2D eigenvalue weighted by molar-refractivity contribution is -0.0508. The maximum absolute atomic E-state index is 12.9. The van der Waals surface area contributed by atoms with Crippen LogP contribution in [0.4, 0.5) is 28.9 Å². The summed E-state index contributed by atoms with van der Waals surface area (Å²) in [5.41, 5.74) is 0.418. The van der Waals surface area contributed by atoms with E-state index in [1.54, 1.807) is 12.1 Å². The molecule has 0 aliphatic carbocycles. The fourth-order valence-electron chi connectivity index (χ4n) is 2.98. The van der Waals surface area contributed by atoms with Crippen LogP contribution >= 0.6 is 0 Å². The van der Waals surface area contributed by atoms with Crippen LogP contribution in [-0.4, -0.2) is 32.1 Å². The third kappa shape index (κ3) is 6.00. The van der Waals surface area contributed by atoms with Gasteiger partial charge in [0, 0.05) is 18.4 Å². The first-order valence-electron chi connectivity index (χ1n) is 9.53. The second-order valence-electron chi connectivity index (χ2n) is 6.62. The van der Waals surface area contributed by atoms with Gasteiger partial charge in [0.15, 0.2) is 0 Å². The monoisotopic (exact) mass is 462 g/mol. The van der Waals surface area contributed by atoms with Crippen molar-refractivity contribution >= 4 is 23.2 Å². The summed E-state index contributed by atoms with van der Waals surface area (Å²) in [6.45, 7) is -6.20. The van der Waals surface area contributed by atoms with Gasteiger partial charge < -0.3 is 19.7 Å². The average Bonchev–Trinajstić information content (AvgIpc) is 2.78. The first-order chi connectivity index (χ1) is 15.8. The number of nitrogens with zero attached hydrogens (tertiary/aromatic N) is 1. The Morgan fingerprint density at radius 3 is 1.94 bits per heavy atom. The lowest BCUT2D eigenvalue weighted by Gasteiger charge is -2.20. The third-order valence-corrected chi connectivity index (χ3v) is 4.48. The van der Waals surface area contributed by atoms with E-state index in [2.05, 4.69) is 14.8 Å². The zero-order valence-corrected chi connectivity index (χ0v) is 17.2. The molecular formula is C23H18F4N2O4. The smallest absolute Gasteiger partial charge is 0.387 e. The lowest BCUT2D eigenvalue weighted by atomic mass is 10.1. The molecular weight excluding hydrogens is 444 g/mol. The third-order valence-electron chi connectivity index (χ3n) is 4.48. The van der Waals surface area contributed by atoms with Gasteiger partial charge in [0.2, 0.25) is 0 Å². The van der Waals surface area contributed by atoms with E-state index < -0.39 is 25.0 Å². The number of ether oxygens (including phenoxy) is 2. The first-order valence-corrected chi connectivity index (χ1v) is 9.53. The maximum Gasteiger partial charge on any atom is 0.387 e. The number of hydrogen-bond acceptors (Lipinski definition) is 4. The van der Waals surface area contributed by atoms with Crippen molar-refractivity contribution in [1.29, 1.82) is 0 Å². The first kappa shape index (κ1) is 23.6. The van der Waals surface area contributed by atoms with E-state index >= 15 is 0 Å². The van der Waals surface area contributed by atoms with Gasteiger partial charge in [-0.3, -0.25) is 9.59 Å². The summed E-state index contributed by atoms with van der Waals surface area (Å²) in [5, 5.41) is 2.56. The van der Waals surface area contributed by atoms with Crippen LogP contribution in [0.15, 0.2) is 72.8 Å². The molecule has 172 valence electrons. The van der Waals surface area contributed by atoms with Crippen molar-refractivity contribution < 1.29 is 36.6 Å². The van der Waals surface area contributed by atoms with Crippen LogP contribution in [0.25, 0.3) is 0 Å². The Kier molecular flexibility index (Phi) is 7.50. The minimum atomic E-state index is -3.10. The predicted octanol–water partition coefficient (Wildman–Crippen LogP) is 5.42. The summed E-state index contributed by atoms with van der Waals surface area (Å²) in [6, 6.07) is 17.2. The number of benzene rings is 3. The average molecular weight is 462 g/mol. The largest absolute Gasteiger partial charge is 0.434 e. The molecule has 0 aromatic heterocycles. The molecule has 0 radical (unpaired) electrons. The van der Waals surface area contributed by atoms with Crippen molar-refractivity contribution in [3.05, 3.63) is 83.9 Å². The number of carbonyl (C=O) groups is 2. The van der Waals surface area contributed by atoms with Crippen LogP contribution in [0.3, 0.4) is 0 Å². The summed E-state index contributed by atoms with van der Waals surface area (Å²) in [7, 11) is 1.42. The van der Waals surface area contributed by atoms with E-state index in [0.717, 1.165) is 0 Å². The normalized spacial score (nSPS) is 10.8. The van der Waals surface area contributed by atoms with Crippen molar-refractivity contribution in [1.82, 2.24) is 0 Å². The van der Waals surface area contributed by atoms with Gasteiger partial charge in [-0.05, 0) is 42.5 Å². The summed E-state index contributed by atoms with van der Waals surface area (Å²) in [5.74, 6) is -1.88. The summed E-state index contributed by atoms with van der Waals surface area (Å²) in [4.78, 5) is 26.7. The van der Waals surface area contributed by atoms with Crippen LogP contribution in [0, 0.1) is 0 Å². The fraction of sp³-hybridized carbons (Fsp3) is 0.130. The van der Waals surface area contributed by atoms with Gasteiger partial charge in [0.1, 0.15) is 11.5 Å². The molecule has 0 saturated heterocycles. The molecule has 0 heterocycles. The number of anilines is 2. The highest BCUT2D eigenvalue weighted by atomic mass is 19.3. The van der Waals surface area contributed by atoms with Gasteiger partial charge in [-0.15, -0.1) is 0 Å². The maximum atomic E-state index is 12.9. The Bertz CT molecular complexity index is 1140. The van der Waals surface area contributed by atoms with Gasteiger partial charge in [0.05, 0.1) is 11.1 Å². The van der Waals surface area contributed by atoms with E-state index in [0.29, 0.717) is 5.69 Å². The van der Waals surface area contributed by atoms with E-state index in [-0.39, 0.29) is 28.3 Å². The number of nitrogens with one attached hydrogen (secondary N) is 1. The van der Waals surface area contributed by atoms with Crippen molar-refractivity contribution in [3.63, 3.8) is 0 Å². The number of amides is 2. The zero-order chi connectivity index (χ0) is 24.0. The Balaban J connectivity index is 1.81. The number of halogens is 4. The SMILES string of the molecule is CN(C(=O)c1ccccc1OC(F)F)c1cccc(NC(=O)c2ccccc2OC(F)F)c1. The molecule has 3 rings (SSSR count). The highest BCUT2D eigenvalue weighted by molar-refractivity contribution is 6.09. The van der Waals surface area contributed by atoms with Gasteiger partial charge >= 0.3 is 13.2 Å². The van der Waals surface area contributed by atoms with Gasteiger partial charge in [0.25, 0.3) is 11.8 Å². The Morgan fingerprint density at radius 1 is 0.788 bits per heavy atom. The van der Waals surface area contributed by atoms with Crippen molar-refractivity contribution in [2.75, 3.05) is 17.3 Å². The summed E-state index contributed by atoms with van der Waals surface area (Å²) >= 11 is 0. The number of hydrogen-bond donors (Lipinski definition) is 1. The molecule has 0 unspecified atom stereocenters. The zero-order valence-electron chi connectivity index (χ0n) is 17.2. The molecule has 0 saturated carbocycles. The fourth-order valence-corrected chi connectivity index (χ4v) is 2.98. The minimum absolute atomic E-state index is 0.0761. The Labute approximate surface area is 186 Å². The standard InChI is InChI=1S/C23H18F4N2O4/c1-29(21(31)17-10-3-5-12-19(17)33-23(26)27)15-8-6-7-14(13-15)28-20(30)16-9-2-4-11-18(16)32-22(24)25/h2-13,22-23H,1H3,(H,28,30). The molecule has 1 N–H and O–H groups in total. The molecule has 10 heteroatoms. The van der Waals surface area contributed by atoms with E-state index in [1.165, 1.54) is 72.6 Å². The molecule has 2 amide bonds. The number of alkyl halides is 4. The van der Waals surface area contributed by atoms with Crippen LogP contribution in [-0.2, 0) is 0 Å². The number of rotatable bonds is 8. The molecule has 0 spiro atoms.